The van der Waals surface area contributed by atoms with Crippen LogP contribution in [0.2, 0.25) is 0 Å². The second-order valence-electron chi connectivity index (χ2n) is 5.08. The van der Waals surface area contributed by atoms with Gasteiger partial charge >= 0.3 is 0 Å². The van der Waals surface area contributed by atoms with Crippen LogP contribution < -0.4 is 19.5 Å². The van der Waals surface area contributed by atoms with Gasteiger partial charge in [0.25, 0.3) is 0 Å². The van der Waals surface area contributed by atoms with Gasteiger partial charge in [0, 0.05) is 12.6 Å². The average Bonchev–Trinajstić information content (AvgIpc) is 2.53. The largest absolute Gasteiger partial charge is 0.497 e. The highest BCUT2D eigenvalue weighted by molar-refractivity contribution is 7.89. The molecule has 126 valence electrons. The molecule has 1 saturated heterocycles. The lowest BCUT2D eigenvalue weighted by molar-refractivity contribution is 0.374. The van der Waals surface area contributed by atoms with Gasteiger partial charge in [0.05, 0.1) is 14.2 Å². The molecule has 1 aromatic rings. The fourth-order valence-electron chi connectivity index (χ4n) is 2.40. The van der Waals surface area contributed by atoms with Crippen LogP contribution in [0.4, 0.5) is 0 Å². The van der Waals surface area contributed by atoms with Crippen molar-refractivity contribution in [2.75, 3.05) is 33.9 Å². The zero-order valence-corrected chi connectivity index (χ0v) is 14.4. The van der Waals surface area contributed by atoms with Gasteiger partial charge in [-0.05, 0) is 44.0 Å². The third-order valence-corrected chi connectivity index (χ3v) is 5.07. The van der Waals surface area contributed by atoms with E-state index in [0.29, 0.717) is 24.0 Å². The molecule has 0 aliphatic carbocycles. The molecule has 1 aliphatic rings. The van der Waals surface area contributed by atoms with Crippen LogP contribution in [0.1, 0.15) is 12.8 Å². The smallest absolute Gasteiger partial charge is 0.244 e. The molecule has 0 aromatic heterocycles. The van der Waals surface area contributed by atoms with Gasteiger partial charge in [0.2, 0.25) is 10.0 Å². The van der Waals surface area contributed by atoms with Crippen molar-refractivity contribution in [3.8, 4) is 11.5 Å². The zero-order valence-electron chi connectivity index (χ0n) is 12.8. The molecule has 1 fully saturated rings. The van der Waals surface area contributed by atoms with Crippen molar-refractivity contribution in [2.24, 2.45) is 5.92 Å². The maximum Gasteiger partial charge on any atom is 0.244 e. The Bertz CT molecular complexity index is 574. The SMILES string of the molecule is COc1ccc(OC)c(S(=O)(=O)NCC2CCCNC2)c1.Cl. The normalized spacial score (nSPS) is 18.4. The molecule has 0 bridgehead atoms. The highest BCUT2D eigenvalue weighted by Gasteiger charge is 2.22. The monoisotopic (exact) mass is 350 g/mol. The Morgan fingerprint density at radius 3 is 2.68 bits per heavy atom. The Balaban J connectivity index is 0.00000242. The molecule has 2 N–H and O–H groups in total. The fourth-order valence-corrected chi connectivity index (χ4v) is 3.70. The Labute approximate surface area is 138 Å². The van der Waals surface area contributed by atoms with Crippen LogP contribution in [-0.4, -0.2) is 42.3 Å². The Hall–Kier alpha value is -1.02. The van der Waals surface area contributed by atoms with Gasteiger partial charge in [-0.3, -0.25) is 0 Å². The lowest BCUT2D eigenvalue weighted by Gasteiger charge is -2.23. The van der Waals surface area contributed by atoms with E-state index in [0.717, 1.165) is 25.9 Å². The molecule has 1 heterocycles. The summed E-state index contributed by atoms with van der Waals surface area (Å²) in [6, 6.07) is 4.73. The van der Waals surface area contributed by atoms with Crippen LogP contribution in [0.25, 0.3) is 0 Å². The van der Waals surface area contributed by atoms with E-state index in [2.05, 4.69) is 10.0 Å². The second-order valence-corrected chi connectivity index (χ2v) is 6.82. The number of sulfonamides is 1. The van der Waals surface area contributed by atoms with Gasteiger partial charge in [0.1, 0.15) is 16.4 Å². The van der Waals surface area contributed by atoms with Crippen molar-refractivity contribution in [3.63, 3.8) is 0 Å². The summed E-state index contributed by atoms with van der Waals surface area (Å²) in [6.07, 6.45) is 2.11. The number of rotatable bonds is 6. The van der Waals surface area contributed by atoms with E-state index in [-0.39, 0.29) is 17.3 Å². The van der Waals surface area contributed by atoms with Crippen molar-refractivity contribution < 1.29 is 17.9 Å². The summed E-state index contributed by atoms with van der Waals surface area (Å²) in [6.45, 7) is 2.28. The van der Waals surface area contributed by atoms with Crippen LogP contribution in [0, 0.1) is 5.92 Å². The third-order valence-electron chi connectivity index (χ3n) is 3.62. The van der Waals surface area contributed by atoms with E-state index < -0.39 is 10.0 Å². The molecule has 1 atom stereocenters. The van der Waals surface area contributed by atoms with Gasteiger partial charge in [-0.25, -0.2) is 13.1 Å². The Kier molecular flexibility index (Phi) is 7.41. The predicted molar refractivity (Wildman–Crippen MR) is 87.6 cm³/mol. The lowest BCUT2D eigenvalue weighted by atomic mass is 10.0. The van der Waals surface area contributed by atoms with Crippen molar-refractivity contribution in [1.82, 2.24) is 10.0 Å². The molecule has 22 heavy (non-hydrogen) atoms. The van der Waals surface area contributed by atoms with Gasteiger partial charge in [-0.15, -0.1) is 12.4 Å². The molecule has 0 saturated carbocycles. The minimum absolute atomic E-state index is 0. The molecule has 0 spiro atoms. The molecule has 1 aromatic carbocycles. The number of benzene rings is 1. The molecular formula is C14H23ClN2O4S. The molecule has 2 rings (SSSR count). The fraction of sp³-hybridized carbons (Fsp3) is 0.571. The molecule has 0 amide bonds. The first-order chi connectivity index (χ1) is 10.1. The molecule has 0 radical (unpaired) electrons. The molecular weight excluding hydrogens is 328 g/mol. The minimum Gasteiger partial charge on any atom is -0.497 e. The van der Waals surface area contributed by atoms with E-state index in [1.807, 2.05) is 0 Å². The van der Waals surface area contributed by atoms with Crippen LogP contribution in [-0.2, 0) is 10.0 Å². The summed E-state index contributed by atoms with van der Waals surface area (Å²) in [4.78, 5) is 0.105. The summed E-state index contributed by atoms with van der Waals surface area (Å²) in [5.74, 6) is 1.12. The number of halogens is 1. The molecule has 1 aliphatic heterocycles. The summed E-state index contributed by atoms with van der Waals surface area (Å²) >= 11 is 0. The van der Waals surface area contributed by atoms with Crippen molar-refractivity contribution in [1.29, 1.82) is 0 Å². The van der Waals surface area contributed by atoms with Crippen molar-refractivity contribution in [3.05, 3.63) is 18.2 Å². The van der Waals surface area contributed by atoms with Crippen molar-refractivity contribution in [2.45, 2.75) is 17.7 Å². The first kappa shape index (κ1) is 19.0. The Morgan fingerprint density at radius 1 is 1.32 bits per heavy atom. The van der Waals surface area contributed by atoms with E-state index in [1.54, 1.807) is 12.1 Å². The minimum atomic E-state index is -3.62. The van der Waals surface area contributed by atoms with Crippen LogP contribution in [0.5, 0.6) is 11.5 Å². The highest BCUT2D eigenvalue weighted by atomic mass is 35.5. The Morgan fingerprint density at radius 2 is 2.09 bits per heavy atom. The van der Waals surface area contributed by atoms with Crippen molar-refractivity contribution >= 4 is 22.4 Å². The zero-order chi connectivity index (χ0) is 15.3. The van der Waals surface area contributed by atoms with Crippen LogP contribution in [0.3, 0.4) is 0 Å². The average molecular weight is 351 g/mol. The summed E-state index contributed by atoms with van der Waals surface area (Å²) < 4.78 is 37.8. The quantitative estimate of drug-likeness (QED) is 0.811. The molecule has 1 unspecified atom stereocenters. The van der Waals surface area contributed by atoms with E-state index >= 15 is 0 Å². The van der Waals surface area contributed by atoms with Gasteiger partial charge in [-0.1, -0.05) is 0 Å². The molecule has 6 nitrogen and oxygen atoms in total. The summed E-state index contributed by atoms with van der Waals surface area (Å²) in [5, 5.41) is 3.27. The lowest BCUT2D eigenvalue weighted by Crippen LogP contribution is -2.38. The standard InChI is InChI=1S/C14H22N2O4S.ClH/c1-19-12-5-6-13(20-2)14(8-12)21(17,18)16-10-11-4-3-7-15-9-11;/h5-6,8,11,15-16H,3-4,7,9-10H2,1-2H3;1H. The maximum atomic E-state index is 12.5. The number of hydrogen-bond donors (Lipinski definition) is 2. The maximum absolute atomic E-state index is 12.5. The summed E-state index contributed by atoms with van der Waals surface area (Å²) in [5.41, 5.74) is 0. The van der Waals surface area contributed by atoms with Gasteiger partial charge < -0.3 is 14.8 Å². The van der Waals surface area contributed by atoms with E-state index in [9.17, 15) is 8.42 Å². The number of piperidine rings is 1. The predicted octanol–water partition coefficient (Wildman–Crippen LogP) is 1.40. The van der Waals surface area contributed by atoms with E-state index in [1.165, 1.54) is 20.3 Å². The van der Waals surface area contributed by atoms with Gasteiger partial charge in [-0.2, -0.15) is 0 Å². The second kappa shape index (κ2) is 8.57. The van der Waals surface area contributed by atoms with Crippen LogP contribution >= 0.6 is 12.4 Å². The number of methoxy groups -OCH3 is 2. The van der Waals surface area contributed by atoms with Crippen LogP contribution in [0.15, 0.2) is 23.1 Å². The molecule has 8 heteroatoms. The number of hydrogen-bond acceptors (Lipinski definition) is 5. The van der Waals surface area contributed by atoms with E-state index in [4.69, 9.17) is 9.47 Å². The first-order valence-corrected chi connectivity index (χ1v) is 8.47. The topological polar surface area (TPSA) is 76.7 Å². The third kappa shape index (κ3) is 4.74. The first-order valence-electron chi connectivity index (χ1n) is 6.99. The van der Waals surface area contributed by atoms with Gasteiger partial charge in [0.15, 0.2) is 0 Å². The number of ether oxygens (including phenoxy) is 2. The summed E-state index contributed by atoms with van der Waals surface area (Å²) in [7, 11) is -0.668. The number of nitrogens with one attached hydrogen (secondary N) is 2. The highest BCUT2D eigenvalue weighted by Crippen LogP contribution is 2.28.